The Morgan fingerprint density at radius 3 is 2.03 bits per heavy atom. The lowest BCUT2D eigenvalue weighted by Crippen LogP contribution is -2.25. The molecule has 0 spiro atoms. The molecule has 1 nitrogen and oxygen atoms in total. The number of halogens is 1. The maximum Gasteiger partial charge on any atom is 0.123 e. The predicted molar refractivity (Wildman–Crippen MR) is 128 cm³/mol. The van der Waals surface area contributed by atoms with Crippen molar-refractivity contribution in [1.82, 2.24) is 0 Å². The van der Waals surface area contributed by atoms with Crippen molar-refractivity contribution < 1.29 is 4.39 Å². The van der Waals surface area contributed by atoms with E-state index in [0.29, 0.717) is 0 Å². The van der Waals surface area contributed by atoms with E-state index in [9.17, 15) is 4.39 Å². The Kier molecular flexibility index (Phi) is 10.4. The summed E-state index contributed by atoms with van der Waals surface area (Å²) in [5.74, 6) is 3.71. The molecule has 0 heterocycles. The standard InChI is InChI=1S/C29H40FN/c30-29-21-15-26(16-22-29)10-6-5-9-25-13-19-28(20-14-25)27-17-11-24(12-18-27)8-4-2-1-3-7-23-31/h1-3,7,15-16,21-22,24-25,27-28H,4-6,8-14,17-20H2/b2-1+,7-3+. The van der Waals surface area contributed by atoms with Crippen molar-refractivity contribution in [3.05, 3.63) is 60.0 Å². The van der Waals surface area contributed by atoms with E-state index in [0.717, 1.165) is 36.5 Å². The summed E-state index contributed by atoms with van der Waals surface area (Å²) in [5, 5.41) is 8.49. The zero-order chi connectivity index (χ0) is 21.7. The van der Waals surface area contributed by atoms with Crippen LogP contribution in [0.15, 0.2) is 48.6 Å². The molecule has 1 aromatic rings. The maximum absolute atomic E-state index is 13.0. The van der Waals surface area contributed by atoms with E-state index in [2.05, 4.69) is 6.08 Å². The molecule has 2 aliphatic rings. The Bertz CT molecular complexity index is 710. The number of benzene rings is 1. The molecule has 2 saturated carbocycles. The molecule has 2 aliphatic carbocycles. The van der Waals surface area contributed by atoms with Crippen LogP contribution in [0.25, 0.3) is 0 Å². The Morgan fingerprint density at radius 2 is 1.42 bits per heavy atom. The largest absolute Gasteiger partial charge is 0.207 e. The fraction of sp³-hybridized carbons (Fsp3) is 0.621. The summed E-state index contributed by atoms with van der Waals surface area (Å²) in [7, 11) is 0. The number of hydrogen-bond acceptors (Lipinski definition) is 1. The van der Waals surface area contributed by atoms with Gasteiger partial charge in [0.2, 0.25) is 0 Å². The van der Waals surface area contributed by atoms with Gasteiger partial charge in [0.25, 0.3) is 0 Å². The lowest BCUT2D eigenvalue weighted by Gasteiger charge is -2.38. The zero-order valence-corrected chi connectivity index (χ0v) is 19.2. The highest BCUT2D eigenvalue weighted by molar-refractivity contribution is 5.16. The smallest absolute Gasteiger partial charge is 0.123 e. The molecule has 2 fully saturated rings. The highest BCUT2D eigenvalue weighted by Crippen LogP contribution is 2.43. The van der Waals surface area contributed by atoms with E-state index < -0.39 is 0 Å². The Hall–Kier alpha value is -1.88. The Morgan fingerprint density at radius 1 is 0.806 bits per heavy atom. The number of aryl methyl sites for hydroxylation is 1. The normalized spacial score (nSPS) is 27.0. The molecule has 1 aromatic carbocycles. The Labute approximate surface area is 189 Å². The first-order valence-corrected chi connectivity index (χ1v) is 12.7. The molecule has 0 atom stereocenters. The summed E-state index contributed by atoms with van der Waals surface area (Å²) in [5.41, 5.74) is 1.27. The number of nitrogens with zero attached hydrogens (tertiary/aromatic N) is 1. The monoisotopic (exact) mass is 421 g/mol. The van der Waals surface area contributed by atoms with E-state index in [-0.39, 0.29) is 5.82 Å². The Balaban J connectivity index is 1.24. The topological polar surface area (TPSA) is 23.8 Å². The summed E-state index contributed by atoms with van der Waals surface area (Å²) in [6, 6.07) is 9.05. The predicted octanol–water partition coefficient (Wildman–Crippen LogP) is 8.57. The van der Waals surface area contributed by atoms with E-state index in [4.69, 9.17) is 5.26 Å². The number of nitriles is 1. The third kappa shape index (κ3) is 8.64. The molecule has 0 N–H and O–H groups in total. The molecule has 0 aliphatic heterocycles. The van der Waals surface area contributed by atoms with Crippen LogP contribution < -0.4 is 0 Å². The van der Waals surface area contributed by atoms with Crippen LogP contribution in [-0.4, -0.2) is 0 Å². The van der Waals surface area contributed by atoms with Gasteiger partial charge >= 0.3 is 0 Å². The van der Waals surface area contributed by atoms with Crippen LogP contribution >= 0.6 is 0 Å². The van der Waals surface area contributed by atoms with Gasteiger partial charge in [0.1, 0.15) is 5.82 Å². The minimum atomic E-state index is -0.132. The van der Waals surface area contributed by atoms with Crippen LogP contribution in [0, 0.1) is 40.8 Å². The van der Waals surface area contributed by atoms with Gasteiger partial charge < -0.3 is 0 Å². The van der Waals surface area contributed by atoms with Gasteiger partial charge in [0, 0.05) is 6.08 Å². The van der Waals surface area contributed by atoms with Crippen molar-refractivity contribution in [1.29, 1.82) is 5.26 Å². The molecule has 3 rings (SSSR count). The molecule has 31 heavy (non-hydrogen) atoms. The lowest BCUT2D eigenvalue weighted by atomic mass is 9.68. The molecule has 168 valence electrons. The summed E-state index contributed by atoms with van der Waals surface area (Å²) >= 11 is 0. The van der Waals surface area contributed by atoms with E-state index in [1.54, 1.807) is 12.1 Å². The van der Waals surface area contributed by atoms with E-state index >= 15 is 0 Å². The molecule has 0 saturated heterocycles. The van der Waals surface area contributed by atoms with Gasteiger partial charge in [-0.25, -0.2) is 4.39 Å². The number of rotatable bonds is 10. The van der Waals surface area contributed by atoms with Crippen LogP contribution in [-0.2, 0) is 6.42 Å². The minimum Gasteiger partial charge on any atom is -0.207 e. The van der Waals surface area contributed by atoms with Gasteiger partial charge in [-0.3, -0.25) is 0 Å². The number of allylic oxidation sites excluding steroid dienone is 4. The van der Waals surface area contributed by atoms with Gasteiger partial charge in [-0.15, -0.1) is 0 Å². The second kappa shape index (κ2) is 13.5. The van der Waals surface area contributed by atoms with Crippen molar-refractivity contribution in [2.24, 2.45) is 23.7 Å². The molecule has 2 heteroatoms. The SMILES string of the molecule is N#C/C=C/C=C/CCC1CCC(C2CCC(CCCCc3ccc(F)cc3)CC2)CC1. The van der Waals surface area contributed by atoms with Gasteiger partial charge in [0.05, 0.1) is 6.07 Å². The molecule has 0 bridgehead atoms. The molecular weight excluding hydrogens is 381 g/mol. The molecule has 0 radical (unpaired) electrons. The van der Waals surface area contributed by atoms with Crippen molar-refractivity contribution in [2.75, 3.05) is 0 Å². The van der Waals surface area contributed by atoms with Crippen LogP contribution in [0.3, 0.4) is 0 Å². The summed E-state index contributed by atoms with van der Waals surface area (Å²) in [6.07, 6.45) is 26.7. The van der Waals surface area contributed by atoms with Crippen LogP contribution in [0.5, 0.6) is 0 Å². The van der Waals surface area contributed by atoms with Crippen LogP contribution in [0.4, 0.5) is 4.39 Å². The lowest BCUT2D eigenvalue weighted by molar-refractivity contribution is 0.140. The van der Waals surface area contributed by atoms with Crippen LogP contribution in [0.2, 0.25) is 0 Å². The van der Waals surface area contributed by atoms with Crippen LogP contribution in [0.1, 0.15) is 89.0 Å². The second-order valence-electron chi connectivity index (χ2n) is 9.93. The van der Waals surface area contributed by atoms with Gasteiger partial charge in [-0.2, -0.15) is 5.26 Å². The van der Waals surface area contributed by atoms with Crippen molar-refractivity contribution in [3.63, 3.8) is 0 Å². The summed E-state index contributed by atoms with van der Waals surface area (Å²) < 4.78 is 13.0. The fourth-order valence-electron chi connectivity index (χ4n) is 5.92. The average molecular weight is 422 g/mol. The fourth-order valence-corrected chi connectivity index (χ4v) is 5.92. The minimum absolute atomic E-state index is 0.132. The van der Waals surface area contributed by atoms with Crippen molar-refractivity contribution >= 4 is 0 Å². The van der Waals surface area contributed by atoms with Gasteiger partial charge in [-0.05, 0) is 92.7 Å². The molecule has 0 amide bonds. The van der Waals surface area contributed by atoms with E-state index in [1.807, 2.05) is 30.4 Å². The third-order valence-electron chi connectivity index (χ3n) is 7.85. The number of unbranched alkanes of at least 4 members (excludes halogenated alkanes) is 1. The van der Waals surface area contributed by atoms with Crippen molar-refractivity contribution in [3.8, 4) is 6.07 Å². The van der Waals surface area contributed by atoms with Gasteiger partial charge in [-0.1, -0.05) is 68.9 Å². The molecule has 0 aromatic heterocycles. The molecule has 0 unspecified atom stereocenters. The number of hydrogen-bond donors (Lipinski definition) is 0. The molecular formula is C29H40FN. The van der Waals surface area contributed by atoms with Crippen molar-refractivity contribution in [2.45, 2.75) is 89.9 Å². The first-order chi connectivity index (χ1) is 15.2. The van der Waals surface area contributed by atoms with Gasteiger partial charge in [0.15, 0.2) is 0 Å². The quantitative estimate of drug-likeness (QED) is 0.211. The first kappa shape index (κ1) is 23.8. The third-order valence-corrected chi connectivity index (χ3v) is 7.85. The van der Waals surface area contributed by atoms with E-state index in [1.165, 1.54) is 88.7 Å². The highest BCUT2D eigenvalue weighted by atomic mass is 19.1. The summed E-state index contributed by atoms with van der Waals surface area (Å²) in [6.45, 7) is 0. The second-order valence-corrected chi connectivity index (χ2v) is 9.93. The summed E-state index contributed by atoms with van der Waals surface area (Å²) in [4.78, 5) is 0. The average Bonchev–Trinajstić information content (AvgIpc) is 2.81. The zero-order valence-electron chi connectivity index (χ0n) is 19.2. The first-order valence-electron chi connectivity index (χ1n) is 12.7. The maximum atomic E-state index is 13.0. The highest BCUT2D eigenvalue weighted by Gasteiger charge is 2.30.